The molecular formula is C16H20N2O2S. The van der Waals surface area contributed by atoms with E-state index in [0.29, 0.717) is 11.6 Å². The molecule has 0 amide bonds. The Bertz CT molecular complexity index is 569. The molecule has 0 saturated carbocycles. The van der Waals surface area contributed by atoms with Crippen molar-refractivity contribution in [1.82, 2.24) is 4.90 Å². The lowest BCUT2D eigenvalue weighted by Crippen LogP contribution is -2.20. The molecule has 0 atom stereocenters. The first kappa shape index (κ1) is 15.5. The quantitative estimate of drug-likeness (QED) is 0.600. The topological polar surface area (TPSA) is 51.6 Å². The van der Waals surface area contributed by atoms with Crippen molar-refractivity contribution in [1.29, 1.82) is 0 Å². The van der Waals surface area contributed by atoms with E-state index >= 15 is 0 Å². The van der Waals surface area contributed by atoms with Gasteiger partial charge < -0.3 is 14.9 Å². The van der Waals surface area contributed by atoms with Crippen molar-refractivity contribution in [3.05, 3.63) is 54.0 Å². The molecule has 2 N–H and O–H groups in total. The van der Waals surface area contributed by atoms with Crippen molar-refractivity contribution < 1.29 is 9.15 Å². The molecule has 0 aliphatic heterocycles. The van der Waals surface area contributed by atoms with Crippen molar-refractivity contribution in [3.63, 3.8) is 0 Å². The fraction of sp³-hybridized carbons (Fsp3) is 0.312. The van der Waals surface area contributed by atoms with Crippen LogP contribution in [0.1, 0.15) is 17.7 Å². The summed E-state index contributed by atoms with van der Waals surface area (Å²) in [6, 6.07) is 11.4. The van der Waals surface area contributed by atoms with E-state index in [1.54, 1.807) is 6.26 Å². The summed E-state index contributed by atoms with van der Waals surface area (Å²) in [6.07, 6.45) is 2.63. The molecule has 1 heterocycles. The highest BCUT2D eigenvalue weighted by Gasteiger charge is 2.03. The van der Waals surface area contributed by atoms with Gasteiger partial charge in [0.25, 0.3) is 0 Å². The van der Waals surface area contributed by atoms with Crippen LogP contribution in [0.15, 0.2) is 47.1 Å². The Balaban J connectivity index is 1.69. The molecule has 2 rings (SSSR count). The maximum Gasteiger partial charge on any atom is 0.119 e. The molecule has 0 unspecified atom stereocenters. The van der Waals surface area contributed by atoms with Gasteiger partial charge in [-0.05, 0) is 37.7 Å². The Morgan fingerprint density at radius 3 is 2.90 bits per heavy atom. The average Bonchev–Trinajstić information content (AvgIpc) is 2.97. The van der Waals surface area contributed by atoms with Crippen molar-refractivity contribution >= 4 is 17.2 Å². The van der Waals surface area contributed by atoms with Crippen molar-refractivity contribution in [3.8, 4) is 5.75 Å². The van der Waals surface area contributed by atoms with Gasteiger partial charge >= 0.3 is 0 Å². The van der Waals surface area contributed by atoms with Gasteiger partial charge in [-0.25, -0.2) is 0 Å². The van der Waals surface area contributed by atoms with E-state index in [1.807, 2.05) is 36.4 Å². The molecule has 0 saturated heterocycles. The second kappa shape index (κ2) is 7.81. The number of ether oxygens (including phenoxy) is 1. The van der Waals surface area contributed by atoms with Gasteiger partial charge in [0, 0.05) is 12.1 Å². The molecule has 112 valence electrons. The molecule has 0 bridgehead atoms. The number of hydrogen-bond donors (Lipinski definition) is 1. The lowest BCUT2D eigenvalue weighted by molar-refractivity contribution is 0.247. The number of nitrogens with two attached hydrogens (primary N) is 1. The Morgan fingerprint density at radius 2 is 2.19 bits per heavy atom. The molecule has 2 aromatic rings. The number of thiocarbonyl (C=S) groups is 1. The van der Waals surface area contributed by atoms with E-state index in [-0.39, 0.29) is 0 Å². The van der Waals surface area contributed by atoms with Crippen LogP contribution in [0.3, 0.4) is 0 Å². The first-order valence-electron chi connectivity index (χ1n) is 6.89. The van der Waals surface area contributed by atoms with Crippen LogP contribution in [-0.2, 0) is 6.54 Å². The first-order valence-corrected chi connectivity index (χ1v) is 7.29. The summed E-state index contributed by atoms with van der Waals surface area (Å²) in [7, 11) is 2.07. The van der Waals surface area contributed by atoms with Crippen LogP contribution in [0, 0.1) is 0 Å². The zero-order chi connectivity index (χ0) is 15.1. The number of rotatable bonds is 8. The van der Waals surface area contributed by atoms with E-state index in [9.17, 15) is 0 Å². The lowest BCUT2D eigenvalue weighted by Gasteiger charge is -2.15. The second-order valence-electron chi connectivity index (χ2n) is 4.91. The van der Waals surface area contributed by atoms with Crippen LogP contribution in [0.2, 0.25) is 0 Å². The fourth-order valence-electron chi connectivity index (χ4n) is 2.01. The molecule has 4 nitrogen and oxygen atoms in total. The van der Waals surface area contributed by atoms with Crippen LogP contribution >= 0.6 is 12.2 Å². The van der Waals surface area contributed by atoms with E-state index in [1.165, 1.54) is 0 Å². The summed E-state index contributed by atoms with van der Waals surface area (Å²) in [6.45, 7) is 2.41. The minimum atomic E-state index is 0.388. The highest BCUT2D eigenvalue weighted by atomic mass is 32.1. The fourth-order valence-corrected chi connectivity index (χ4v) is 2.14. The summed E-state index contributed by atoms with van der Waals surface area (Å²) in [5, 5.41) is 0. The standard InChI is InChI=1S/C16H20N2O2S/c1-18(12-15-7-3-9-20-15)8-4-10-19-14-6-2-5-13(11-14)16(17)21/h2-3,5-7,9,11H,4,8,10,12H2,1H3,(H2,17,21). The SMILES string of the molecule is CN(CCCOc1cccc(C(N)=S)c1)Cc1ccco1. The summed E-state index contributed by atoms with van der Waals surface area (Å²) in [5.41, 5.74) is 6.43. The molecule has 0 spiro atoms. The van der Waals surface area contributed by atoms with Crippen LogP contribution < -0.4 is 10.5 Å². The minimum absolute atomic E-state index is 0.388. The molecule has 0 aliphatic carbocycles. The normalized spacial score (nSPS) is 10.8. The average molecular weight is 304 g/mol. The van der Waals surface area contributed by atoms with Gasteiger partial charge in [-0.15, -0.1) is 0 Å². The number of nitrogens with zero attached hydrogens (tertiary/aromatic N) is 1. The maximum absolute atomic E-state index is 5.72. The smallest absolute Gasteiger partial charge is 0.119 e. The number of furan rings is 1. The van der Waals surface area contributed by atoms with Gasteiger partial charge in [0.05, 0.1) is 19.4 Å². The highest BCUT2D eigenvalue weighted by Crippen LogP contribution is 2.13. The third kappa shape index (κ3) is 5.21. The summed E-state index contributed by atoms with van der Waals surface area (Å²) >= 11 is 4.95. The monoisotopic (exact) mass is 304 g/mol. The van der Waals surface area contributed by atoms with Gasteiger partial charge in [0.2, 0.25) is 0 Å². The van der Waals surface area contributed by atoms with Crippen LogP contribution in [-0.4, -0.2) is 30.1 Å². The molecular weight excluding hydrogens is 284 g/mol. The summed E-state index contributed by atoms with van der Waals surface area (Å²) in [5.74, 6) is 1.77. The van der Waals surface area contributed by atoms with Crippen LogP contribution in [0.4, 0.5) is 0 Å². The molecule has 21 heavy (non-hydrogen) atoms. The largest absolute Gasteiger partial charge is 0.494 e. The molecule has 5 heteroatoms. The van der Waals surface area contributed by atoms with Crippen molar-refractivity contribution in [2.24, 2.45) is 5.73 Å². The third-order valence-corrected chi connectivity index (χ3v) is 3.31. The van der Waals surface area contributed by atoms with Gasteiger partial charge in [-0.3, -0.25) is 4.90 Å². The predicted octanol–water partition coefficient (Wildman–Crippen LogP) is 2.81. The van der Waals surface area contributed by atoms with E-state index in [0.717, 1.165) is 36.6 Å². The van der Waals surface area contributed by atoms with Crippen molar-refractivity contribution in [2.75, 3.05) is 20.2 Å². The highest BCUT2D eigenvalue weighted by molar-refractivity contribution is 7.80. The first-order chi connectivity index (χ1) is 10.1. The zero-order valence-electron chi connectivity index (χ0n) is 12.1. The van der Waals surface area contributed by atoms with Gasteiger partial charge in [0.1, 0.15) is 16.5 Å². The molecule has 0 radical (unpaired) electrons. The summed E-state index contributed by atoms with van der Waals surface area (Å²) < 4.78 is 11.0. The number of hydrogen-bond acceptors (Lipinski definition) is 4. The minimum Gasteiger partial charge on any atom is -0.494 e. The third-order valence-electron chi connectivity index (χ3n) is 3.08. The second-order valence-corrected chi connectivity index (χ2v) is 5.35. The van der Waals surface area contributed by atoms with Crippen molar-refractivity contribution in [2.45, 2.75) is 13.0 Å². The molecule has 1 aromatic heterocycles. The molecule has 1 aromatic carbocycles. The van der Waals surface area contributed by atoms with E-state index < -0.39 is 0 Å². The predicted molar refractivity (Wildman–Crippen MR) is 87.5 cm³/mol. The Kier molecular flexibility index (Phi) is 5.78. The Morgan fingerprint density at radius 1 is 1.33 bits per heavy atom. The summed E-state index contributed by atoms with van der Waals surface area (Å²) in [4.78, 5) is 2.59. The Hall–Kier alpha value is -1.85. The van der Waals surface area contributed by atoms with Crippen LogP contribution in [0.5, 0.6) is 5.75 Å². The Labute approximate surface area is 130 Å². The van der Waals surface area contributed by atoms with Gasteiger partial charge in [0.15, 0.2) is 0 Å². The van der Waals surface area contributed by atoms with Crippen LogP contribution in [0.25, 0.3) is 0 Å². The molecule has 0 fully saturated rings. The van der Waals surface area contributed by atoms with E-state index in [4.69, 9.17) is 27.1 Å². The van der Waals surface area contributed by atoms with Gasteiger partial charge in [-0.1, -0.05) is 24.4 Å². The van der Waals surface area contributed by atoms with E-state index in [2.05, 4.69) is 11.9 Å². The molecule has 0 aliphatic rings. The lowest BCUT2D eigenvalue weighted by atomic mass is 10.2. The van der Waals surface area contributed by atoms with Gasteiger partial charge in [-0.2, -0.15) is 0 Å². The number of benzene rings is 1. The maximum atomic E-state index is 5.72. The zero-order valence-corrected chi connectivity index (χ0v) is 12.9.